The van der Waals surface area contributed by atoms with Crippen LogP contribution in [0.1, 0.15) is 22.7 Å². The quantitative estimate of drug-likeness (QED) is 0.760. The number of aliphatic hydroxyl groups excluding tert-OH is 1. The van der Waals surface area contributed by atoms with E-state index in [0.717, 1.165) is 23.1 Å². The lowest BCUT2D eigenvalue weighted by molar-refractivity contribution is 0.217. The first-order valence-corrected chi connectivity index (χ1v) is 7.78. The van der Waals surface area contributed by atoms with E-state index >= 15 is 0 Å². The number of halogens is 1. The summed E-state index contributed by atoms with van der Waals surface area (Å²) in [6.07, 6.45) is 4.27. The lowest BCUT2D eigenvalue weighted by Gasteiger charge is -2.17. The van der Waals surface area contributed by atoms with Crippen molar-refractivity contribution in [2.75, 3.05) is 13.2 Å². The third-order valence-electron chi connectivity index (χ3n) is 3.58. The average molecular weight is 334 g/mol. The van der Waals surface area contributed by atoms with Crippen molar-refractivity contribution in [1.29, 1.82) is 0 Å². The average Bonchev–Trinajstić information content (AvgIpc) is 2.55. The van der Waals surface area contributed by atoms with E-state index in [0.29, 0.717) is 11.6 Å². The highest BCUT2D eigenvalue weighted by Crippen LogP contribution is 2.16. The summed E-state index contributed by atoms with van der Waals surface area (Å²) in [5, 5.41) is 15.6. The van der Waals surface area contributed by atoms with Gasteiger partial charge in [-0.15, -0.1) is 0 Å². The molecule has 0 aliphatic carbocycles. The predicted octanol–water partition coefficient (Wildman–Crippen LogP) is 2.62. The van der Waals surface area contributed by atoms with Crippen molar-refractivity contribution < 1.29 is 9.90 Å². The van der Waals surface area contributed by atoms with Crippen LogP contribution in [0.25, 0.3) is 0 Å². The number of aryl methyl sites for hydroxylation is 1. The Bertz CT molecular complexity index is 647. The summed E-state index contributed by atoms with van der Waals surface area (Å²) in [6.45, 7) is 2.32. The molecule has 122 valence electrons. The number of hydrogen-bond donors (Lipinski definition) is 3. The van der Waals surface area contributed by atoms with Gasteiger partial charge in [-0.05, 0) is 48.2 Å². The molecule has 0 saturated heterocycles. The molecule has 1 aromatic heterocycles. The van der Waals surface area contributed by atoms with Gasteiger partial charge in [0.1, 0.15) is 0 Å². The van der Waals surface area contributed by atoms with Gasteiger partial charge in [0.2, 0.25) is 0 Å². The van der Waals surface area contributed by atoms with Crippen LogP contribution in [-0.4, -0.2) is 29.3 Å². The molecule has 1 heterocycles. The van der Waals surface area contributed by atoms with Gasteiger partial charge in [-0.3, -0.25) is 4.98 Å². The van der Waals surface area contributed by atoms with Gasteiger partial charge in [-0.2, -0.15) is 0 Å². The Morgan fingerprint density at radius 2 is 2.04 bits per heavy atom. The number of pyridine rings is 1. The lowest BCUT2D eigenvalue weighted by atomic mass is 10.1. The summed E-state index contributed by atoms with van der Waals surface area (Å²) in [4.78, 5) is 16.0. The minimum absolute atomic E-state index is 0.182. The van der Waals surface area contributed by atoms with Crippen molar-refractivity contribution in [3.05, 3.63) is 64.4 Å². The minimum atomic E-state index is -0.463. The van der Waals surface area contributed by atoms with Crippen molar-refractivity contribution >= 4 is 17.6 Å². The highest BCUT2D eigenvalue weighted by Gasteiger charge is 2.13. The molecule has 1 unspecified atom stereocenters. The third-order valence-corrected chi connectivity index (χ3v) is 3.83. The summed E-state index contributed by atoms with van der Waals surface area (Å²) >= 11 is 5.84. The number of hydrogen-bond acceptors (Lipinski definition) is 3. The molecule has 0 aliphatic rings. The van der Waals surface area contributed by atoms with E-state index in [-0.39, 0.29) is 12.6 Å². The van der Waals surface area contributed by atoms with Crippen molar-refractivity contribution in [3.63, 3.8) is 0 Å². The molecule has 2 rings (SSSR count). The predicted molar refractivity (Wildman–Crippen MR) is 90.5 cm³/mol. The molecule has 3 N–H and O–H groups in total. The van der Waals surface area contributed by atoms with Gasteiger partial charge in [-0.25, -0.2) is 4.79 Å². The second-order valence-electron chi connectivity index (χ2n) is 5.24. The summed E-state index contributed by atoms with van der Waals surface area (Å²) in [5.74, 6) is 0. The van der Waals surface area contributed by atoms with Gasteiger partial charge in [0.25, 0.3) is 0 Å². The number of aromatic nitrogens is 1. The number of nitrogens with zero attached hydrogens (tertiary/aromatic N) is 1. The summed E-state index contributed by atoms with van der Waals surface area (Å²) in [6, 6.07) is 8.18. The van der Waals surface area contributed by atoms with E-state index in [9.17, 15) is 9.90 Å². The molecule has 2 aromatic rings. The fourth-order valence-electron chi connectivity index (χ4n) is 2.23. The Balaban J connectivity index is 1.83. The molecule has 0 bridgehead atoms. The number of urea groups is 1. The van der Waals surface area contributed by atoms with Crippen LogP contribution in [0, 0.1) is 6.92 Å². The lowest BCUT2D eigenvalue weighted by Crippen LogP contribution is -2.40. The maximum Gasteiger partial charge on any atom is 0.315 e. The Morgan fingerprint density at radius 1 is 1.30 bits per heavy atom. The molecule has 1 aromatic carbocycles. The molecule has 2 amide bonds. The summed E-state index contributed by atoms with van der Waals surface area (Å²) in [7, 11) is 0. The number of nitrogens with one attached hydrogen (secondary N) is 2. The first-order valence-electron chi connectivity index (χ1n) is 7.40. The van der Waals surface area contributed by atoms with Crippen molar-refractivity contribution in [3.8, 4) is 0 Å². The zero-order valence-corrected chi connectivity index (χ0v) is 13.7. The van der Waals surface area contributed by atoms with E-state index in [1.807, 2.05) is 13.0 Å². The first-order chi connectivity index (χ1) is 11.1. The number of carbonyl (C=O) groups is 1. The first kappa shape index (κ1) is 17.2. The Morgan fingerprint density at radius 3 is 2.70 bits per heavy atom. The monoisotopic (exact) mass is 333 g/mol. The molecular weight excluding hydrogens is 314 g/mol. The van der Waals surface area contributed by atoms with Gasteiger partial charge in [0.05, 0.1) is 12.6 Å². The van der Waals surface area contributed by atoms with Crippen LogP contribution in [0.4, 0.5) is 4.79 Å². The SMILES string of the molecule is Cc1cnccc1CCNC(=O)NC(CO)c1ccc(Cl)cc1. The normalized spacial score (nSPS) is 11.8. The maximum absolute atomic E-state index is 12.0. The van der Waals surface area contributed by atoms with Crippen LogP contribution in [0.3, 0.4) is 0 Å². The van der Waals surface area contributed by atoms with Crippen LogP contribution in [-0.2, 0) is 6.42 Å². The zero-order valence-electron chi connectivity index (χ0n) is 12.9. The van der Waals surface area contributed by atoms with E-state index < -0.39 is 6.04 Å². The van der Waals surface area contributed by atoms with Crippen LogP contribution in [0.5, 0.6) is 0 Å². The molecular formula is C17H20ClN3O2. The molecule has 0 aliphatic heterocycles. The maximum atomic E-state index is 12.0. The number of rotatable bonds is 6. The largest absolute Gasteiger partial charge is 0.394 e. The van der Waals surface area contributed by atoms with E-state index in [1.165, 1.54) is 0 Å². The Labute approximate surface area is 140 Å². The Hall–Kier alpha value is -2.11. The van der Waals surface area contributed by atoms with E-state index in [2.05, 4.69) is 15.6 Å². The van der Waals surface area contributed by atoms with Gasteiger partial charge in [0, 0.05) is 24.0 Å². The van der Waals surface area contributed by atoms with Gasteiger partial charge >= 0.3 is 6.03 Å². The summed E-state index contributed by atoms with van der Waals surface area (Å²) in [5.41, 5.74) is 3.05. The van der Waals surface area contributed by atoms with Crippen molar-refractivity contribution in [2.45, 2.75) is 19.4 Å². The number of aliphatic hydroxyl groups is 1. The van der Waals surface area contributed by atoms with Crippen LogP contribution in [0.15, 0.2) is 42.7 Å². The second-order valence-corrected chi connectivity index (χ2v) is 5.68. The number of benzene rings is 1. The highest BCUT2D eigenvalue weighted by atomic mass is 35.5. The van der Waals surface area contributed by atoms with Crippen LogP contribution < -0.4 is 10.6 Å². The molecule has 0 radical (unpaired) electrons. The molecule has 0 fully saturated rings. The van der Waals surface area contributed by atoms with Crippen LogP contribution in [0.2, 0.25) is 5.02 Å². The molecule has 23 heavy (non-hydrogen) atoms. The van der Waals surface area contributed by atoms with E-state index in [1.54, 1.807) is 36.7 Å². The molecule has 1 atom stereocenters. The fourth-order valence-corrected chi connectivity index (χ4v) is 2.36. The smallest absolute Gasteiger partial charge is 0.315 e. The fraction of sp³-hybridized carbons (Fsp3) is 0.294. The van der Waals surface area contributed by atoms with Gasteiger partial charge in [-0.1, -0.05) is 23.7 Å². The standard InChI is InChI=1S/C17H20ClN3O2/c1-12-10-19-8-6-13(12)7-9-20-17(23)21-16(11-22)14-2-4-15(18)5-3-14/h2-6,8,10,16,22H,7,9,11H2,1H3,(H2,20,21,23). The molecule has 5 nitrogen and oxygen atoms in total. The van der Waals surface area contributed by atoms with E-state index in [4.69, 9.17) is 11.6 Å². The molecule has 6 heteroatoms. The van der Waals surface area contributed by atoms with Crippen molar-refractivity contribution in [2.24, 2.45) is 0 Å². The van der Waals surface area contributed by atoms with Gasteiger partial charge in [0.15, 0.2) is 0 Å². The highest BCUT2D eigenvalue weighted by molar-refractivity contribution is 6.30. The number of carbonyl (C=O) groups excluding carboxylic acids is 1. The van der Waals surface area contributed by atoms with Gasteiger partial charge < -0.3 is 15.7 Å². The molecule has 0 spiro atoms. The Kier molecular flexibility index (Phi) is 6.38. The zero-order chi connectivity index (χ0) is 16.7. The number of amides is 2. The molecule has 0 saturated carbocycles. The minimum Gasteiger partial charge on any atom is -0.394 e. The van der Waals surface area contributed by atoms with Crippen LogP contribution >= 0.6 is 11.6 Å². The second kappa shape index (κ2) is 8.50. The third kappa shape index (κ3) is 5.23. The van der Waals surface area contributed by atoms with Crippen molar-refractivity contribution in [1.82, 2.24) is 15.6 Å². The summed E-state index contributed by atoms with van der Waals surface area (Å²) < 4.78 is 0. The topological polar surface area (TPSA) is 74.2 Å².